The maximum Gasteiger partial charge on any atom is 0.0674 e. The number of halogens is 1. The molecular formula is C11H17ClO. The highest BCUT2D eigenvalue weighted by atomic mass is 35.5. The van der Waals surface area contributed by atoms with Gasteiger partial charge < -0.3 is 4.74 Å². The van der Waals surface area contributed by atoms with Crippen LogP contribution in [0.15, 0.2) is 0 Å². The van der Waals surface area contributed by atoms with Crippen molar-refractivity contribution >= 4 is 11.6 Å². The first kappa shape index (κ1) is 8.55. The lowest BCUT2D eigenvalue weighted by Gasteiger charge is -2.32. The summed E-state index contributed by atoms with van der Waals surface area (Å²) in [6, 6.07) is 0. The standard InChI is InChI=1S/C11H17ClO/c12-7-11(9-3-4-9)5-6-13-10(11)8-1-2-8/h8-10H,1-7H2. The number of hydrogen-bond donors (Lipinski definition) is 0. The third kappa shape index (κ3) is 1.24. The summed E-state index contributed by atoms with van der Waals surface area (Å²) in [6.45, 7) is 0.963. The minimum Gasteiger partial charge on any atom is -0.377 e. The van der Waals surface area contributed by atoms with Gasteiger partial charge in [0.15, 0.2) is 0 Å². The maximum absolute atomic E-state index is 6.19. The maximum atomic E-state index is 6.19. The SMILES string of the molecule is ClCC1(C2CC2)CCOC1C1CC1. The molecule has 1 aliphatic heterocycles. The molecule has 2 saturated carbocycles. The Bertz CT molecular complexity index is 210. The zero-order chi connectivity index (χ0) is 8.89. The first-order chi connectivity index (χ1) is 6.37. The monoisotopic (exact) mass is 200 g/mol. The van der Waals surface area contributed by atoms with E-state index < -0.39 is 0 Å². The predicted molar refractivity (Wildman–Crippen MR) is 53.0 cm³/mol. The third-order valence-corrected chi connectivity index (χ3v) is 4.62. The van der Waals surface area contributed by atoms with Crippen LogP contribution in [0.4, 0.5) is 0 Å². The van der Waals surface area contributed by atoms with Gasteiger partial charge in [-0.25, -0.2) is 0 Å². The van der Waals surface area contributed by atoms with Crippen molar-refractivity contribution in [2.24, 2.45) is 17.3 Å². The largest absolute Gasteiger partial charge is 0.377 e. The fourth-order valence-corrected chi connectivity index (χ4v) is 3.54. The molecule has 0 bridgehead atoms. The number of alkyl halides is 1. The number of ether oxygens (including phenoxy) is 1. The summed E-state index contributed by atoms with van der Waals surface area (Å²) in [5, 5.41) is 0. The fraction of sp³-hybridized carbons (Fsp3) is 1.00. The molecule has 1 nitrogen and oxygen atoms in total. The molecular weight excluding hydrogens is 184 g/mol. The van der Waals surface area contributed by atoms with E-state index in [2.05, 4.69) is 0 Å². The summed E-state index contributed by atoms with van der Waals surface area (Å²) in [4.78, 5) is 0. The Morgan fingerprint density at radius 1 is 1.23 bits per heavy atom. The van der Waals surface area contributed by atoms with Gasteiger partial charge in [0.1, 0.15) is 0 Å². The van der Waals surface area contributed by atoms with Crippen molar-refractivity contribution in [3.05, 3.63) is 0 Å². The van der Waals surface area contributed by atoms with Gasteiger partial charge in [0.25, 0.3) is 0 Å². The quantitative estimate of drug-likeness (QED) is 0.637. The number of hydrogen-bond acceptors (Lipinski definition) is 1. The molecule has 13 heavy (non-hydrogen) atoms. The molecule has 1 saturated heterocycles. The highest BCUT2D eigenvalue weighted by Crippen LogP contribution is 2.58. The van der Waals surface area contributed by atoms with E-state index in [0.717, 1.165) is 24.3 Å². The van der Waals surface area contributed by atoms with Gasteiger partial charge in [0.05, 0.1) is 6.10 Å². The van der Waals surface area contributed by atoms with Crippen LogP contribution in [-0.4, -0.2) is 18.6 Å². The van der Waals surface area contributed by atoms with E-state index in [4.69, 9.17) is 16.3 Å². The van der Waals surface area contributed by atoms with Crippen molar-refractivity contribution < 1.29 is 4.74 Å². The van der Waals surface area contributed by atoms with E-state index in [1.807, 2.05) is 0 Å². The zero-order valence-corrected chi connectivity index (χ0v) is 8.72. The smallest absolute Gasteiger partial charge is 0.0674 e. The van der Waals surface area contributed by atoms with Gasteiger partial charge in [-0.2, -0.15) is 0 Å². The second kappa shape index (κ2) is 2.87. The summed E-state index contributed by atoms with van der Waals surface area (Å²) in [7, 11) is 0. The molecule has 3 aliphatic rings. The highest BCUT2D eigenvalue weighted by Gasteiger charge is 2.57. The van der Waals surface area contributed by atoms with Gasteiger partial charge in [0.2, 0.25) is 0 Å². The third-order valence-electron chi connectivity index (χ3n) is 4.12. The fourth-order valence-electron chi connectivity index (χ4n) is 3.04. The summed E-state index contributed by atoms with van der Waals surface area (Å²) in [5.41, 5.74) is 0.392. The summed E-state index contributed by atoms with van der Waals surface area (Å²) in [5.74, 6) is 2.60. The molecule has 3 fully saturated rings. The summed E-state index contributed by atoms with van der Waals surface area (Å²) >= 11 is 6.19. The van der Waals surface area contributed by atoms with E-state index in [9.17, 15) is 0 Å². The molecule has 0 spiro atoms. The minimum absolute atomic E-state index is 0.392. The molecule has 2 heteroatoms. The lowest BCUT2D eigenvalue weighted by atomic mass is 9.76. The molecule has 0 aromatic carbocycles. The van der Waals surface area contributed by atoms with Gasteiger partial charge >= 0.3 is 0 Å². The van der Waals surface area contributed by atoms with Crippen LogP contribution in [0.3, 0.4) is 0 Å². The summed E-state index contributed by atoms with van der Waals surface area (Å²) < 4.78 is 5.90. The van der Waals surface area contributed by atoms with Gasteiger partial charge in [-0.3, -0.25) is 0 Å². The van der Waals surface area contributed by atoms with E-state index >= 15 is 0 Å². The zero-order valence-electron chi connectivity index (χ0n) is 7.97. The van der Waals surface area contributed by atoms with Crippen LogP contribution in [0.1, 0.15) is 32.1 Å². The Balaban J connectivity index is 1.83. The molecule has 1 heterocycles. The van der Waals surface area contributed by atoms with Gasteiger partial charge in [0, 0.05) is 17.9 Å². The Hall–Kier alpha value is 0.250. The molecule has 3 rings (SSSR count). The molecule has 0 aromatic rings. The molecule has 0 N–H and O–H groups in total. The molecule has 0 radical (unpaired) electrons. The predicted octanol–water partition coefficient (Wildman–Crippen LogP) is 2.82. The lowest BCUT2D eigenvalue weighted by Crippen LogP contribution is -2.36. The summed E-state index contributed by atoms with van der Waals surface area (Å²) in [6.07, 6.45) is 7.32. The van der Waals surface area contributed by atoms with Crippen molar-refractivity contribution in [3.8, 4) is 0 Å². The van der Waals surface area contributed by atoms with E-state index in [0.29, 0.717) is 11.5 Å². The first-order valence-electron chi connectivity index (χ1n) is 5.54. The molecule has 0 amide bonds. The Morgan fingerprint density at radius 3 is 2.54 bits per heavy atom. The van der Waals surface area contributed by atoms with Crippen molar-refractivity contribution in [3.63, 3.8) is 0 Å². The Morgan fingerprint density at radius 2 is 2.00 bits per heavy atom. The Labute approximate surface area is 84.8 Å². The van der Waals surface area contributed by atoms with E-state index in [1.165, 1.54) is 32.1 Å². The first-order valence-corrected chi connectivity index (χ1v) is 6.08. The van der Waals surface area contributed by atoms with E-state index in [1.54, 1.807) is 0 Å². The topological polar surface area (TPSA) is 9.23 Å². The van der Waals surface area contributed by atoms with Crippen molar-refractivity contribution in [1.82, 2.24) is 0 Å². The number of rotatable bonds is 3. The average Bonchev–Trinajstić information content (AvgIpc) is 3.03. The van der Waals surface area contributed by atoms with Gasteiger partial charge in [-0.1, -0.05) is 0 Å². The van der Waals surface area contributed by atoms with Gasteiger partial charge in [-0.15, -0.1) is 11.6 Å². The van der Waals surface area contributed by atoms with Crippen molar-refractivity contribution in [1.29, 1.82) is 0 Å². The second-order valence-corrected chi connectivity index (χ2v) is 5.29. The molecule has 2 aliphatic carbocycles. The highest BCUT2D eigenvalue weighted by molar-refractivity contribution is 6.18. The van der Waals surface area contributed by atoms with Crippen LogP contribution in [0.25, 0.3) is 0 Å². The van der Waals surface area contributed by atoms with Crippen LogP contribution in [0.5, 0.6) is 0 Å². The van der Waals surface area contributed by atoms with Gasteiger partial charge in [-0.05, 0) is 43.9 Å². The molecule has 74 valence electrons. The van der Waals surface area contributed by atoms with Crippen LogP contribution < -0.4 is 0 Å². The van der Waals surface area contributed by atoms with Crippen molar-refractivity contribution in [2.45, 2.75) is 38.2 Å². The molecule has 2 unspecified atom stereocenters. The van der Waals surface area contributed by atoms with Crippen molar-refractivity contribution in [2.75, 3.05) is 12.5 Å². The Kier molecular flexibility index (Phi) is 1.89. The van der Waals surface area contributed by atoms with Crippen LogP contribution in [-0.2, 0) is 4.74 Å². The average molecular weight is 201 g/mol. The van der Waals surface area contributed by atoms with Crippen LogP contribution in [0.2, 0.25) is 0 Å². The lowest BCUT2D eigenvalue weighted by molar-refractivity contribution is 0.0306. The molecule has 0 aromatic heterocycles. The van der Waals surface area contributed by atoms with Crippen LogP contribution >= 0.6 is 11.6 Å². The van der Waals surface area contributed by atoms with Crippen LogP contribution in [0, 0.1) is 17.3 Å². The van der Waals surface area contributed by atoms with E-state index in [-0.39, 0.29) is 0 Å². The second-order valence-electron chi connectivity index (χ2n) is 5.02. The normalized spacial score (nSPS) is 45.5. The molecule has 2 atom stereocenters. The minimum atomic E-state index is 0.392.